The second-order valence-corrected chi connectivity index (χ2v) is 11.7. The van der Waals surface area contributed by atoms with Crippen LogP contribution < -0.4 is 9.62 Å². The molecule has 7 nitrogen and oxygen atoms in total. The number of amides is 1. The number of piperazine rings is 1. The molecular formula is C33H31N3O4S. The van der Waals surface area contributed by atoms with Gasteiger partial charge in [0.1, 0.15) is 5.75 Å². The van der Waals surface area contributed by atoms with Crippen molar-refractivity contribution in [1.82, 2.24) is 9.62 Å². The number of anilines is 1. The summed E-state index contributed by atoms with van der Waals surface area (Å²) in [6.45, 7) is 4.21. The van der Waals surface area contributed by atoms with Gasteiger partial charge in [-0.15, -0.1) is 0 Å². The standard InChI is InChI=1S/C33H31N3O4S/c37-32-18-11-26(12-19-32)10-13-28-8-4-5-9-30(28)24-35-20-22-36(23-21-35)31-16-14-29(15-17-31)33(38)34-41(39,40)25-27-6-2-1-3-7-27/h1-9,11-12,14-19,37H,20-25H2,(H,34,38). The largest absolute Gasteiger partial charge is 0.508 e. The van der Waals surface area contributed by atoms with Crippen LogP contribution in [0.25, 0.3) is 0 Å². The zero-order chi connectivity index (χ0) is 28.7. The minimum Gasteiger partial charge on any atom is -0.508 e. The van der Waals surface area contributed by atoms with Gasteiger partial charge in [0.25, 0.3) is 5.91 Å². The van der Waals surface area contributed by atoms with Gasteiger partial charge < -0.3 is 10.0 Å². The van der Waals surface area contributed by atoms with Crippen LogP contribution in [0.2, 0.25) is 0 Å². The van der Waals surface area contributed by atoms with Crippen LogP contribution in [0.4, 0.5) is 5.69 Å². The topological polar surface area (TPSA) is 90.0 Å². The van der Waals surface area contributed by atoms with Crippen LogP contribution in [0.15, 0.2) is 103 Å². The number of aromatic hydroxyl groups is 1. The maximum absolute atomic E-state index is 12.6. The van der Waals surface area contributed by atoms with Gasteiger partial charge in [0.2, 0.25) is 10.0 Å². The van der Waals surface area contributed by atoms with Crippen LogP contribution in [-0.4, -0.2) is 50.5 Å². The van der Waals surface area contributed by atoms with E-state index in [1.165, 1.54) is 5.56 Å². The van der Waals surface area contributed by atoms with Gasteiger partial charge in [0, 0.05) is 55.1 Å². The number of carbonyl (C=O) groups excluding carboxylic acids is 1. The van der Waals surface area contributed by atoms with Crippen molar-refractivity contribution in [3.8, 4) is 17.6 Å². The molecule has 1 amide bonds. The molecule has 5 rings (SSSR count). The number of nitrogens with one attached hydrogen (secondary N) is 1. The molecule has 4 aromatic carbocycles. The summed E-state index contributed by atoms with van der Waals surface area (Å²) >= 11 is 0. The summed E-state index contributed by atoms with van der Waals surface area (Å²) in [4.78, 5) is 17.3. The highest BCUT2D eigenvalue weighted by Crippen LogP contribution is 2.20. The first-order valence-corrected chi connectivity index (χ1v) is 15.0. The number of rotatable bonds is 7. The molecule has 41 heavy (non-hydrogen) atoms. The number of sulfonamides is 1. The van der Waals surface area contributed by atoms with Crippen LogP contribution in [-0.2, 0) is 22.3 Å². The van der Waals surface area contributed by atoms with E-state index >= 15 is 0 Å². The normalized spacial score (nSPS) is 13.7. The molecule has 0 aromatic heterocycles. The lowest BCUT2D eigenvalue weighted by Crippen LogP contribution is -2.46. The number of carbonyl (C=O) groups is 1. The molecule has 1 saturated heterocycles. The van der Waals surface area contributed by atoms with E-state index in [0.29, 0.717) is 11.1 Å². The van der Waals surface area contributed by atoms with Gasteiger partial charge in [0.05, 0.1) is 5.75 Å². The van der Waals surface area contributed by atoms with E-state index in [-0.39, 0.29) is 11.5 Å². The third-order valence-electron chi connectivity index (χ3n) is 6.93. The Morgan fingerprint density at radius 3 is 2.15 bits per heavy atom. The SMILES string of the molecule is O=C(NS(=O)(=O)Cc1ccccc1)c1ccc(N2CCN(Cc3ccccc3C#Cc3ccc(O)cc3)CC2)cc1. The fourth-order valence-corrected chi connectivity index (χ4v) is 5.83. The van der Waals surface area contributed by atoms with Crippen LogP contribution in [0.5, 0.6) is 5.75 Å². The number of hydrogen-bond donors (Lipinski definition) is 2. The van der Waals surface area contributed by atoms with Crippen molar-refractivity contribution in [3.05, 3.63) is 131 Å². The molecule has 1 aliphatic heterocycles. The van der Waals surface area contributed by atoms with E-state index in [0.717, 1.165) is 49.5 Å². The lowest BCUT2D eigenvalue weighted by molar-refractivity contribution is 0.0981. The molecule has 1 heterocycles. The maximum atomic E-state index is 12.6. The Morgan fingerprint density at radius 2 is 1.44 bits per heavy atom. The monoisotopic (exact) mass is 565 g/mol. The first kappa shape index (κ1) is 28.0. The number of nitrogens with zero attached hydrogens (tertiary/aromatic N) is 2. The van der Waals surface area contributed by atoms with Gasteiger partial charge in [-0.25, -0.2) is 13.1 Å². The van der Waals surface area contributed by atoms with Crippen molar-refractivity contribution in [2.24, 2.45) is 0 Å². The summed E-state index contributed by atoms with van der Waals surface area (Å²) < 4.78 is 27.0. The number of hydrogen-bond acceptors (Lipinski definition) is 6. The fraction of sp³-hybridized carbons (Fsp3) is 0.182. The molecule has 4 aromatic rings. The van der Waals surface area contributed by atoms with Gasteiger partial charge in [-0.2, -0.15) is 0 Å². The van der Waals surface area contributed by atoms with E-state index in [1.54, 1.807) is 60.7 Å². The Hall–Kier alpha value is -4.58. The molecule has 208 valence electrons. The van der Waals surface area contributed by atoms with E-state index < -0.39 is 15.9 Å². The van der Waals surface area contributed by atoms with E-state index in [2.05, 4.69) is 32.4 Å². The van der Waals surface area contributed by atoms with Gasteiger partial charge in [-0.3, -0.25) is 9.69 Å². The molecule has 0 saturated carbocycles. The minimum atomic E-state index is -3.80. The Kier molecular flexibility index (Phi) is 8.68. The number of phenols is 1. The molecule has 0 spiro atoms. The number of phenolic OH excluding ortho intramolecular Hbond substituents is 1. The summed E-state index contributed by atoms with van der Waals surface area (Å²) in [5, 5.41) is 9.48. The molecule has 0 unspecified atom stereocenters. The quantitative estimate of drug-likeness (QED) is 0.324. The van der Waals surface area contributed by atoms with Crippen molar-refractivity contribution < 1.29 is 18.3 Å². The van der Waals surface area contributed by atoms with Crippen molar-refractivity contribution in [2.75, 3.05) is 31.1 Å². The van der Waals surface area contributed by atoms with Gasteiger partial charge >= 0.3 is 0 Å². The Balaban J connectivity index is 1.15. The predicted molar refractivity (Wildman–Crippen MR) is 161 cm³/mol. The lowest BCUT2D eigenvalue weighted by atomic mass is 10.1. The molecule has 2 N–H and O–H groups in total. The zero-order valence-corrected chi connectivity index (χ0v) is 23.3. The second kappa shape index (κ2) is 12.7. The summed E-state index contributed by atoms with van der Waals surface area (Å²) in [6.07, 6.45) is 0. The van der Waals surface area contributed by atoms with Crippen LogP contribution in [0.1, 0.15) is 32.6 Å². The summed E-state index contributed by atoms with van der Waals surface area (Å²) in [6, 6.07) is 30.9. The molecule has 1 aliphatic rings. The van der Waals surface area contributed by atoms with Crippen molar-refractivity contribution >= 4 is 21.6 Å². The molecular weight excluding hydrogens is 534 g/mol. The molecule has 0 bridgehead atoms. The first-order valence-electron chi connectivity index (χ1n) is 13.4. The maximum Gasteiger partial charge on any atom is 0.264 e. The highest BCUT2D eigenvalue weighted by atomic mass is 32.2. The van der Waals surface area contributed by atoms with Gasteiger partial charge in [-0.05, 0) is 65.7 Å². The van der Waals surface area contributed by atoms with Crippen molar-refractivity contribution in [2.45, 2.75) is 12.3 Å². The summed E-state index contributed by atoms with van der Waals surface area (Å²) in [5.74, 6) is 5.79. The van der Waals surface area contributed by atoms with Crippen molar-refractivity contribution in [1.29, 1.82) is 0 Å². The van der Waals surface area contributed by atoms with E-state index in [1.807, 2.05) is 36.4 Å². The Bertz CT molecular complexity index is 1650. The van der Waals surface area contributed by atoms with Gasteiger partial charge in [0.15, 0.2) is 0 Å². The zero-order valence-electron chi connectivity index (χ0n) is 22.5. The van der Waals surface area contributed by atoms with E-state index in [4.69, 9.17) is 0 Å². The highest BCUT2D eigenvalue weighted by molar-refractivity contribution is 7.89. The number of benzene rings is 4. The molecule has 1 fully saturated rings. The molecule has 0 radical (unpaired) electrons. The average Bonchev–Trinajstić information content (AvgIpc) is 2.98. The molecule has 0 aliphatic carbocycles. The van der Waals surface area contributed by atoms with Gasteiger partial charge in [-0.1, -0.05) is 60.4 Å². The summed E-state index contributed by atoms with van der Waals surface area (Å²) in [7, 11) is -3.80. The average molecular weight is 566 g/mol. The summed E-state index contributed by atoms with van der Waals surface area (Å²) in [5.41, 5.74) is 4.92. The van der Waals surface area contributed by atoms with E-state index in [9.17, 15) is 18.3 Å². The smallest absolute Gasteiger partial charge is 0.264 e. The lowest BCUT2D eigenvalue weighted by Gasteiger charge is -2.36. The third kappa shape index (κ3) is 7.76. The highest BCUT2D eigenvalue weighted by Gasteiger charge is 2.20. The molecule has 8 heteroatoms. The Labute approximate surface area is 241 Å². The fourth-order valence-electron chi connectivity index (χ4n) is 4.72. The van der Waals surface area contributed by atoms with Crippen molar-refractivity contribution in [3.63, 3.8) is 0 Å². The first-order chi connectivity index (χ1) is 19.8. The van der Waals surface area contributed by atoms with Crippen LogP contribution in [0.3, 0.4) is 0 Å². The molecule has 0 atom stereocenters. The third-order valence-corrected chi connectivity index (χ3v) is 8.14. The Morgan fingerprint density at radius 1 is 0.780 bits per heavy atom. The minimum absolute atomic E-state index is 0.224. The predicted octanol–water partition coefficient (Wildman–Crippen LogP) is 4.37. The van der Waals surface area contributed by atoms with Crippen LogP contribution >= 0.6 is 0 Å². The second-order valence-electron chi connectivity index (χ2n) is 9.94. The van der Waals surface area contributed by atoms with Crippen LogP contribution in [0, 0.1) is 11.8 Å².